The lowest BCUT2D eigenvalue weighted by Gasteiger charge is -2.21. The van der Waals surface area contributed by atoms with Crippen molar-refractivity contribution in [2.75, 3.05) is 14.2 Å². The van der Waals surface area contributed by atoms with Crippen LogP contribution in [0.5, 0.6) is 0 Å². The van der Waals surface area contributed by atoms with Crippen LogP contribution in [0.15, 0.2) is 0 Å². The maximum Gasteiger partial charge on any atom is 0.263 e. The van der Waals surface area contributed by atoms with Gasteiger partial charge < -0.3 is 5.32 Å². The summed E-state index contributed by atoms with van der Waals surface area (Å²) in [5.74, 6) is -0.183. The van der Waals surface area contributed by atoms with Gasteiger partial charge in [-0.15, -0.1) is 0 Å². The third kappa shape index (κ3) is 2.33. The highest BCUT2D eigenvalue weighted by Crippen LogP contribution is 1.98. The number of hydrogen-bond acceptors (Lipinski definition) is 3. The molecule has 10 heavy (non-hydrogen) atoms. The Morgan fingerprint density at radius 3 is 2.30 bits per heavy atom. The number of carbonyl (C=O) groups excluding carboxylic acids is 1. The Morgan fingerprint density at radius 1 is 1.50 bits per heavy atom. The average Bonchev–Trinajstić information content (AvgIpc) is 1.89. The van der Waals surface area contributed by atoms with Crippen molar-refractivity contribution >= 4 is 5.91 Å². The summed E-state index contributed by atoms with van der Waals surface area (Å²) < 4.78 is 0. The summed E-state index contributed by atoms with van der Waals surface area (Å²) in [4.78, 5) is 15.4. The van der Waals surface area contributed by atoms with Crippen molar-refractivity contribution in [3.8, 4) is 0 Å². The number of amides is 1. The fraction of sp³-hybridized carbons (Fsp3) is 0.833. The standard InChI is InChI=1S/C6H14N2O2/c1-6(2,7-3)5(9)8-10-4/h7H,1-4H3,(H,8,9). The van der Waals surface area contributed by atoms with Crippen molar-refractivity contribution in [3.05, 3.63) is 0 Å². The number of carbonyl (C=O) groups is 1. The maximum atomic E-state index is 11.0. The lowest BCUT2D eigenvalue weighted by atomic mass is 10.1. The molecule has 1 amide bonds. The van der Waals surface area contributed by atoms with Gasteiger partial charge in [0.05, 0.1) is 12.6 Å². The lowest BCUT2D eigenvalue weighted by molar-refractivity contribution is -0.136. The number of rotatable bonds is 3. The minimum Gasteiger partial charge on any atom is -0.307 e. The molecule has 0 saturated heterocycles. The number of nitrogens with one attached hydrogen (secondary N) is 2. The summed E-state index contributed by atoms with van der Waals surface area (Å²) in [7, 11) is 3.12. The molecule has 0 aliphatic heterocycles. The van der Waals surface area contributed by atoms with E-state index in [-0.39, 0.29) is 5.91 Å². The van der Waals surface area contributed by atoms with Crippen LogP contribution < -0.4 is 10.8 Å². The summed E-state index contributed by atoms with van der Waals surface area (Å²) >= 11 is 0. The Balaban J connectivity index is 3.91. The monoisotopic (exact) mass is 146 g/mol. The Hall–Kier alpha value is -0.610. The van der Waals surface area contributed by atoms with E-state index >= 15 is 0 Å². The summed E-state index contributed by atoms with van der Waals surface area (Å²) in [6.45, 7) is 3.53. The molecule has 0 aromatic rings. The Labute approximate surface area is 60.9 Å². The van der Waals surface area contributed by atoms with Crippen molar-refractivity contribution in [3.63, 3.8) is 0 Å². The summed E-state index contributed by atoms with van der Waals surface area (Å²) in [6.07, 6.45) is 0. The van der Waals surface area contributed by atoms with Gasteiger partial charge in [-0.05, 0) is 20.9 Å². The fourth-order valence-corrected chi connectivity index (χ4v) is 0.334. The van der Waals surface area contributed by atoms with Gasteiger partial charge >= 0.3 is 0 Å². The Morgan fingerprint density at radius 2 is 2.00 bits per heavy atom. The van der Waals surface area contributed by atoms with Crippen LogP contribution in [0.2, 0.25) is 0 Å². The predicted octanol–water partition coefficient (Wildman–Crippen LogP) is -0.338. The Kier molecular flexibility index (Phi) is 3.32. The first-order chi connectivity index (χ1) is 4.54. The molecule has 0 fully saturated rings. The first-order valence-corrected chi connectivity index (χ1v) is 3.07. The molecule has 0 bridgehead atoms. The first kappa shape index (κ1) is 9.39. The van der Waals surface area contributed by atoms with E-state index in [0.29, 0.717) is 0 Å². The lowest BCUT2D eigenvalue weighted by Crippen LogP contribution is -2.50. The molecule has 0 aliphatic rings. The molecule has 60 valence electrons. The molecule has 0 radical (unpaired) electrons. The molecule has 0 heterocycles. The molecular weight excluding hydrogens is 132 g/mol. The second kappa shape index (κ2) is 3.53. The smallest absolute Gasteiger partial charge is 0.263 e. The molecule has 0 saturated carbocycles. The van der Waals surface area contributed by atoms with Crippen molar-refractivity contribution in [1.29, 1.82) is 0 Å². The van der Waals surface area contributed by atoms with Crippen molar-refractivity contribution in [1.82, 2.24) is 10.8 Å². The van der Waals surface area contributed by atoms with Crippen molar-refractivity contribution < 1.29 is 9.63 Å². The van der Waals surface area contributed by atoms with E-state index in [9.17, 15) is 4.79 Å². The van der Waals surface area contributed by atoms with Crippen LogP contribution in [0.4, 0.5) is 0 Å². The molecule has 0 aromatic carbocycles. The Bertz CT molecular complexity index is 123. The van der Waals surface area contributed by atoms with Gasteiger partial charge in [-0.25, -0.2) is 5.48 Å². The van der Waals surface area contributed by atoms with E-state index < -0.39 is 5.54 Å². The van der Waals surface area contributed by atoms with E-state index in [1.54, 1.807) is 20.9 Å². The van der Waals surface area contributed by atoms with E-state index in [4.69, 9.17) is 0 Å². The normalized spacial score (nSPS) is 11.2. The molecule has 0 atom stereocenters. The maximum absolute atomic E-state index is 11.0. The summed E-state index contributed by atoms with van der Waals surface area (Å²) in [6, 6.07) is 0. The van der Waals surface area contributed by atoms with Gasteiger partial charge in [0.2, 0.25) is 0 Å². The summed E-state index contributed by atoms with van der Waals surface area (Å²) in [5, 5.41) is 2.83. The SMILES string of the molecule is CNC(C)(C)C(=O)NOC. The third-order valence-electron chi connectivity index (χ3n) is 1.39. The van der Waals surface area contributed by atoms with E-state index in [1.165, 1.54) is 7.11 Å². The van der Waals surface area contributed by atoms with Gasteiger partial charge in [-0.3, -0.25) is 9.63 Å². The minimum atomic E-state index is -0.573. The van der Waals surface area contributed by atoms with E-state index in [0.717, 1.165) is 0 Å². The molecule has 0 spiro atoms. The largest absolute Gasteiger partial charge is 0.307 e. The quantitative estimate of drug-likeness (QED) is 0.536. The van der Waals surface area contributed by atoms with Crippen LogP contribution in [-0.4, -0.2) is 25.6 Å². The van der Waals surface area contributed by atoms with Gasteiger partial charge in [0, 0.05) is 0 Å². The highest BCUT2D eigenvalue weighted by molar-refractivity contribution is 5.84. The van der Waals surface area contributed by atoms with Crippen molar-refractivity contribution in [2.45, 2.75) is 19.4 Å². The topological polar surface area (TPSA) is 50.4 Å². The predicted molar refractivity (Wildman–Crippen MR) is 38.3 cm³/mol. The zero-order chi connectivity index (χ0) is 8.20. The first-order valence-electron chi connectivity index (χ1n) is 3.07. The van der Waals surface area contributed by atoms with Crippen LogP contribution >= 0.6 is 0 Å². The molecule has 0 unspecified atom stereocenters. The van der Waals surface area contributed by atoms with Gasteiger partial charge in [-0.1, -0.05) is 0 Å². The van der Waals surface area contributed by atoms with Crippen LogP contribution in [0.1, 0.15) is 13.8 Å². The average molecular weight is 146 g/mol. The van der Waals surface area contributed by atoms with Gasteiger partial charge in [-0.2, -0.15) is 0 Å². The minimum absolute atomic E-state index is 0.183. The summed E-state index contributed by atoms with van der Waals surface area (Å²) in [5.41, 5.74) is 1.66. The second-order valence-electron chi connectivity index (χ2n) is 2.51. The van der Waals surface area contributed by atoms with Crippen LogP contribution in [0, 0.1) is 0 Å². The zero-order valence-corrected chi connectivity index (χ0v) is 6.82. The van der Waals surface area contributed by atoms with Gasteiger partial charge in [0.1, 0.15) is 0 Å². The fourth-order valence-electron chi connectivity index (χ4n) is 0.334. The molecule has 2 N–H and O–H groups in total. The molecule has 4 nitrogen and oxygen atoms in total. The van der Waals surface area contributed by atoms with Crippen molar-refractivity contribution in [2.24, 2.45) is 0 Å². The molecule has 0 rings (SSSR count). The molecule has 4 heteroatoms. The number of hydrogen-bond donors (Lipinski definition) is 2. The van der Waals surface area contributed by atoms with Crippen LogP contribution in [0.3, 0.4) is 0 Å². The highest BCUT2D eigenvalue weighted by atomic mass is 16.6. The van der Waals surface area contributed by atoms with Crippen LogP contribution in [-0.2, 0) is 9.63 Å². The molecule has 0 aliphatic carbocycles. The van der Waals surface area contributed by atoms with E-state index in [2.05, 4.69) is 15.6 Å². The highest BCUT2D eigenvalue weighted by Gasteiger charge is 2.24. The van der Waals surface area contributed by atoms with Gasteiger partial charge in [0.15, 0.2) is 0 Å². The number of likely N-dealkylation sites (N-methyl/N-ethyl adjacent to an activating group) is 1. The van der Waals surface area contributed by atoms with Gasteiger partial charge in [0.25, 0.3) is 5.91 Å². The second-order valence-corrected chi connectivity index (χ2v) is 2.51. The zero-order valence-electron chi connectivity index (χ0n) is 6.82. The van der Waals surface area contributed by atoms with Crippen LogP contribution in [0.25, 0.3) is 0 Å². The third-order valence-corrected chi connectivity index (χ3v) is 1.39. The van der Waals surface area contributed by atoms with E-state index in [1.807, 2.05) is 0 Å². The molecule has 0 aromatic heterocycles. The molecular formula is C6H14N2O2. The number of hydroxylamine groups is 1.